The van der Waals surface area contributed by atoms with Gasteiger partial charge < -0.3 is 15.2 Å². The monoisotopic (exact) mass is 278 g/mol. The molecule has 1 aromatic carbocycles. The third kappa shape index (κ3) is 3.74. The van der Waals surface area contributed by atoms with Crippen LogP contribution in [0.2, 0.25) is 0 Å². The van der Waals surface area contributed by atoms with Crippen molar-refractivity contribution in [2.24, 2.45) is 5.92 Å². The van der Waals surface area contributed by atoms with E-state index in [-0.39, 0.29) is 5.60 Å². The molecule has 20 heavy (non-hydrogen) atoms. The van der Waals surface area contributed by atoms with Crippen LogP contribution in [0.25, 0.3) is 0 Å². The molecule has 0 radical (unpaired) electrons. The molecule has 1 aliphatic rings. The highest BCUT2D eigenvalue weighted by Crippen LogP contribution is 2.39. The molecule has 0 aromatic heterocycles. The zero-order valence-corrected chi connectivity index (χ0v) is 13.0. The first-order valence-electron chi connectivity index (χ1n) is 7.63. The van der Waals surface area contributed by atoms with Crippen LogP contribution in [0.4, 0.5) is 0 Å². The van der Waals surface area contributed by atoms with Crippen LogP contribution in [0.3, 0.4) is 0 Å². The summed E-state index contributed by atoms with van der Waals surface area (Å²) in [5, 5.41) is 0. The average Bonchev–Trinajstić information content (AvgIpc) is 2.44. The van der Waals surface area contributed by atoms with E-state index in [0.717, 1.165) is 38.2 Å². The van der Waals surface area contributed by atoms with Crippen LogP contribution in [-0.4, -0.2) is 25.9 Å². The van der Waals surface area contributed by atoms with Gasteiger partial charge >= 0.3 is 0 Å². The van der Waals surface area contributed by atoms with E-state index in [0.29, 0.717) is 11.8 Å². The van der Waals surface area contributed by atoms with Crippen LogP contribution in [0.15, 0.2) is 24.3 Å². The van der Waals surface area contributed by atoms with Crippen molar-refractivity contribution >= 4 is 0 Å². The van der Waals surface area contributed by atoms with Crippen molar-refractivity contribution in [2.45, 2.75) is 44.6 Å². The summed E-state index contributed by atoms with van der Waals surface area (Å²) >= 11 is 0. The van der Waals surface area contributed by atoms with Gasteiger partial charge in [0.05, 0.1) is 19.3 Å². The Labute approximate surface area is 122 Å². The van der Waals surface area contributed by atoms with E-state index >= 15 is 0 Å². The van der Waals surface area contributed by atoms with Gasteiger partial charge in [-0.3, -0.25) is 0 Å². The number of quaternary nitrogens is 1. The number of methoxy groups -OCH3 is 1. The van der Waals surface area contributed by atoms with E-state index in [9.17, 15) is 0 Å². The first-order chi connectivity index (χ1) is 9.55. The van der Waals surface area contributed by atoms with E-state index in [1.165, 1.54) is 5.56 Å². The maximum Gasteiger partial charge on any atom is 0.118 e. The van der Waals surface area contributed by atoms with Gasteiger partial charge in [0.15, 0.2) is 0 Å². The van der Waals surface area contributed by atoms with Crippen LogP contribution in [0, 0.1) is 5.92 Å². The summed E-state index contributed by atoms with van der Waals surface area (Å²) in [6, 6.07) is 8.55. The second kappa shape index (κ2) is 6.59. The molecule has 0 unspecified atom stereocenters. The Morgan fingerprint density at radius 2 is 2.05 bits per heavy atom. The van der Waals surface area contributed by atoms with Crippen LogP contribution >= 0.6 is 0 Å². The molecule has 1 fully saturated rings. The summed E-state index contributed by atoms with van der Waals surface area (Å²) in [5.74, 6) is 2.20. The molecular formula is C17H28NO2+. The molecule has 0 saturated carbocycles. The molecule has 3 nitrogen and oxygen atoms in total. The zero-order valence-electron chi connectivity index (χ0n) is 13.0. The minimum atomic E-state index is 0.00874. The predicted octanol–water partition coefficient (Wildman–Crippen LogP) is 2.62. The fraction of sp³-hybridized carbons (Fsp3) is 0.647. The molecule has 112 valence electrons. The molecular weight excluding hydrogens is 250 g/mol. The average molecular weight is 278 g/mol. The molecule has 0 aliphatic carbocycles. The molecule has 2 rings (SSSR count). The Balaban J connectivity index is 2.16. The molecule has 1 aliphatic heterocycles. The summed E-state index contributed by atoms with van der Waals surface area (Å²) in [6.45, 7) is 6.26. The number of hydrogen-bond acceptors (Lipinski definition) is 2. The van der Waals surface area contributed by atoms with Crippen molar-refractivity contribution in [1.82, 2.24) is 0 Å². The number of ether oxygens (including phenoxy) is 2. The van der Waals surface area contributed by atoms with Crippen molar-refractivity contribution in [3.05, 3.63) is 29.8 Å². The molecule has 0 amide bonds. The largest absolute Gasteiger partial charge is 0.497 e. The zero-order chi connectivity index (χ0) is 14.6. The van der Waals surface area contributed by atoms with Crippen molar-refractivity contribution in [1.29, 1.82) is 0 Å². The Kier molecular flexibility index (Phi) is 5.06. The predicted molar refractivity (Wildman–Crippen MR) is 80.9 cm³/mol. The second-order valence-corrected chi connectivity index (χ2v) is 6.38. The van der Waals surface area contributed by atoms with Crippen molar-refractivity contribution in [2.75, 3.05) is 20.3 Å². The third-order valence-corrected chi connectivity index (χ3v) is 4.36. The lowest BCUT2D eigenvalue weighted by Crippen LogP contribution is -2.51. The van der Waals surface area contributed by atoms with Gasteiger partial charge in [-0.2, -0.15) is 0 Å². The molecule has 2 atom stereocenters. The number of benzene rings is 1. The van der Waals surface area contributed by atoms with Gasteiger partial charge in [-0.05, 0) is 56.2 Å². The van der Waals surface area contributed by atoms with Gasteiger partial charge in [0.25, 0.3) is 0 Å². The molecule has 1 aromatic rings. The number of hydrogen-bond donors (Lipinski definition) is 1. The lowest BCUT2D eigenvalue weighted by atomic mass is 9.75. The van der Waals surface area contributed by atoms with Crippen LogP contribution in [0.5, 0.6) is 5.75 Å². The van der Waals surface area contributed by atoms with E-state index in [1.54, 1.807) is 7.11 Å². The quantitative estimate of drug-likeness (QED) is 0.900. The Morgan fingerprint density at radius 1 is 1.35 bits per heavy atom. The van der Waals surface area contributed by atoms with Gasteiger partial charge in [0, 0.05) is 13.0 Å². The maximum absolute atomic E-state index is 5.86. The summed E-state index contributed by atoms with van der Waals surface area (Å²) in [4.78, 5) is 0. The van der Waals surface area contributed by atoms with Gasteiger partial charge in [0.2, 0.25) is 0 Å². The summed E-state index contributed by atoms with van der Waals surface area (Å²) < 4.78 is 11.1. The summed E-state index contributed by atoms with van der Waals surface area (Å²) in [5.41, 5.74) is 5.48. The van der Waals surface area contributed by atoms with Crippen molar-refractivity contribution in [3.8, 4) is 5.75 Å². The first kappa shape index (κ1) is 15.3. The Bertz CT molecular complexity index is 414. The Hall–Kier alpha value is -1.06. The standard InChI is InChI=1S/C17H27NO2/c1-17(2)12-14(9-11-20-17)16(8-10-18)13-4-6-15(19-3)7-5-13/h4-7,14,16H,8-12,18H2,1-3H3/p+1/t14-,16-/m1/s1. The minimum absolute atomic E-state index is 0.00874. The van der Waals surface area contributed by atoms with E-state index < -0.39 is 0 Å². The van der Waals surface area contributed by atoms with E-state index in [4.69, 9.17) is 9.47 Å². The number of rotatable bonds is 5. The minimum Gasteiger partial charge on any atom is -0.497 e. The molecule has 3 N–H and O–H groups in total. The molecule has 0 spiro atoms. The van der Waals surface area contributed by atoms with Gasteiger partial charge in [0.1, 0.15) is 5.75 Å². The van der Waals surface area contributed by atoms with E-state index in [1.807, 2.05) is 0 Å². The molecule has 1 heterocycles. The highest BCUT2D eigenvalue weighted by atomic mass is 16.5. The summed E-state index contributed by atoms with van der Waals surface area (Å²) in [7, 11) is 1.71. The van der Waals surface area contributed by atoms with Crippen molar-refractivity contribution in [3.63, 3.8) is 0 Å². The van der Waals surface area contributed by atoms with Crippen molar-refractivity contribution < 1.29 is 15.2 Å². The summed E-state index contributed by atoms with van der Waals surface area (Å²) in [6.07, 6.45) is 3.43. The lowest BCUT2D eigenvalue weighted by Gasteiger charge is -2.39. The van der Waals surface area contributed by atoms with Gasteiger partial charge in [-0.1, -0.05) is 12.1 Å². The topological polar surface area (TPSA) is 46.1 Å². The Morgan fingerprint density at radius 3 is 2.60 bits per heavy atom. The fourth-order valence-corrected chi connectivity index (χ4v) is 3.37. The van der Waals surface area contributed by atoms with Gasteiger partial charge in [-0.25, -0.2) is 0 Å². The highest BCUT2D eigenvalue weighted by Gasteiger charge is 2.34. The second-order valence-electron chi connectivity index (χ2n) is 6.38. The first-order valence-corrected chi connectivity index (χ1v) is 7.63. The van der Waals surface area contributed by atoms with Gasteiger partial charge in [-0.15, -0.1) is 0 Å². The molecule has 1 saturated heterocycles. The fourth-order valence-electron chi connectivity index (χ4n) is 3.37. The normalized spacial score (nSPS) is 23.3. The molecule has 0 bridgehead atoms. The third-order valence-electron chi connectivity index (χ3n) is 4.36. The van der Waals surface area contributed by atoms with Crippen LogP contribution in [0.1, 0.15) is 44.6 Å². The van der Waals surface area contributed by atoms with E-state index in [2.05, 4.69) is 43.8 Å². The smallest absolute Gasteiger partial charge is 0.118 e. The maximum atomic E-state index is 5.86. The lowest BCUT2D eigenvalue weighted by molar-refractivity contribution is -0.369. The SMILES string of the molecule is COc1ccc([C@@H](CC[NH3+])[C@@H]2CCOC(C)(C)C2)cc1. The highest BCUT2D eigenvalue weighted by molar-refractivity contribution is 5.30. The van der Waals surface area contributed by atoms with Crippen LogP contribution < -0.4 is 10.5 Å². The van der Waals surface area contributed by atoms with Crippen LogP contribution in [-0.2, 0) is 4.74 Å². The molecule has 3 heteroatoms.